The molecule has 0 fully saturated rings. The molecule has 0 saturated heterocycles. The van der Waals surface area contributed by atoms with Crippen LogP contribution in [0.15, 0.2) is 89.6 Å². The Hall–Kier alpha value is -3.12. The maximum Gasteiger partial charge on any atom is 0.126 e. The number of halogens is 1. The van der Waals surface area contributed by atoms with Gasteiger partial charge in [0.15, 0.2) is 0 Å². The number of pyridine rings is 2. The molecular weight excluding hydrogens is 796 g/mol. The minimum atomic E-state index is -1.90. The summed E-state index contributed by atoms with van der Waals surface area (Å²) in [7, 11) is 0. The molecule has 0 aliphatic rings. The molecule has 0 atom stereocenters. The zero-order valence-corrected chi connectivity index (χ0v) is 31.8. The second kappa shape index (κ2) is 14.1. The van der Waals surface area contributed by atoms with Gasteiger partial charge in [0.2, 0.25) is 0 Å². The van der Waals surface area contributed by atoms with Crippen LogP contribution < -0.4 is 4.40 Å². The van der Waals surface area contributed by atoms with E-state index in [1.54, 1.807) is 12.3 Å². The topological polar surface area (TPSA) is 38.9 Å². The standard InChI is InChI=1S/C20H15FNO.C19H26GeN.Ir/c1-12(2)13-8-9-22-18(10-13)17-5-3-4-16-15-7-6-14(21)11-19(15)23-20(16)17;1-19(2,3)13-16-12-18(15-10-8-7-9-11-15)21-14-17(16)20(4,5)6;/h3-4,6-12H,1-2H3;7-10,12,14H,13H2,1-6H3;/q2*-1;/i12D;;. The summed E-state index contributed by atoms with van der Waals surface area (Å²) in [5.41, 5.74) is 7.31. The van der Waals surface area contributed by atoms with Crippen molar-refractivity contribution < 1.29 is 30.3 Å². The summed E-state index contributed by atoms with van der Waals surface area (Å²) in [5, 5.41) is 1.76. The Morgan fingerprint density at radius 3 is 2.36 bits per heavy atom. The SMILES string of the molecule is CC(C)(C)Cc1cc(-c2[c-]cccc2)nc[c]1[Ge]([CH3])([CH3])[CH3].[2H]C(C)(C)c1ccnc(-c2[c-]ccc3c2oc2cc(F)ccc23)c1.[Ir]. The van der Waals surface area contributed by atoms with Crippen LogP contribution in [0.1, 0.15) is 53.0 Å². The van der Waals surface area contributed by atoms with E-state index < -0.39 is 19.2 Å². The molecule has 45 heavy (non-hydrogen) atoms. The van der Waals surface area contributed by atoms with Crippen molar-refractivity contribution in [2.24, 2.45) is 5.41 Å². The number of nitrogens with zero attached hydrogens (tertiary/aromatic N) is 2. The van der Waals surface area contributed by atoms with Gasteiger partial charge in [0.25, 0.3) is 0 Å². The van der Waals surface area contributed by atoms with Crippen molar-refractivity contribution in [3.8, 4) is 22.5 Å². The summed E-state index contributed by atoms with van der Waals surface area (Å²) in [6.45, 7) is 10.6. The summed E-state index contributed by atoms with van der Waals surface area (Å²) in [5.74, 6) is 6.28. The van der Waals surface area contributed by atoms with E-state index in [0.29, 0.717) is 22.3 Å². The first-order chi connectivity index (χ1) is 21.1. The fraction of sp³-hybridized carbons (Fsp3) is 0.282. The molecule has 3 heterocycles. The van der Waals surface area contributed by atoms with Crippen LogP contribution in [0.5, 0.6) is 0 Å². The molecule has 6 rings (SSSR count). The van der Waals surface area contributed by atoms with E-state index >= 15 is 0 Å². The second-order valence-electron chi connectivity index (χ2n) is 13.8. The number of furan rings is 1. The molecule has 3 aromatic carbocycles. The van der Waals surface area contributed by atoms with E-state index in [-0.39, 0.29) is 25.9 Å². The largest absolute Gasteiger partial charge is 0.500 e. The average Bonchev–Trinajstić information content (AvgIpc) is 3.34. The van der Waals surface area contributed by atoms with Crippen LogP contribution in [0.25, 0.3) is 44.5 Å². The molecular formula is C39H41FGeIrN2O-2. The van der Waals surface area contributed by atoms with E-state index in [2.05, 4.69) is 73.5 Å². The number of hydrogen-bond donors (Lipinski definition) is 0. The molecule has 0 saturated carbocycles. The van der Waals surface area contributed by atoms with E-state index in [1.165, 1.54) is 22.1 Å². The number of rotatable bonds is 5. The maximum atomic E-state index is 13.5. The molecule has 0 amide bonds. The fourth-order valence-corrected chi connectivity index (χ4v) is 8.68. The van der Waals surface area contributed by atoms with Crippen molar-refractivity contribution in [1.82, 2.24) is 9.97 Å². The van der Waals surface area contributed by atoms with Crippen LogP contribution in [0.3, 0.4) is 0 Å². The first-order valence-electron chi connectivity index (χ1n) is 15.6. The first-order valence-corrected chi connectivity index (χ1v) is 22.4. The van der Waals surface area contributed by atoms with Gasteiger partial charge in [-0.25, -0.2) is 4.39 Å². The zero-order valence-electron chi connectivity index (χ0n) is 28.3. The van der Waals surface area contributed by atoms with E-state index in [9.17, 15) is 4.39 Å². The van der Waals surface area contributed by atoms with Gasteiger partial charge in [-0.1, -0.05) is 36.4 Å². The Balaban J connectivity index is 0.000000207. The Morgan fingerprint density at radius 2 is 1.69 bits per heavy atom. The summed E-state index contributed by atoms with van der Waals surface area (Å²) in [4.78, 5) is 9.13. The third-order valence-corrected chi connectivity index (χ3v) is 11.8. The summed E-state index contributed by atoms with van der Waals surface area (Å²) < 4.78 is 29.1. The second-order valence-corrected chi connectivity index (χ2v) is 24.3. The number of fused-ring (bicyclic) bond motifs is 3. The first kappa shape index (κ1) is 33.3. The van der Waals surface area contributed by atoms with Crippen LogP contribution >= 0.6 is 0 Å². The Morgan fingerprint density at radius 1 is 0.911 bits per heavy atom. The average molecular weight is 839 g/mol. The number of benzene rings is 3. The van der Waals surface area contributed by atoms with Gasteiger partial charge in [-0.05, 0) is 29.8 Å². The van der Waals surface area contributed by atoms with Crippen LogP contribution in [-0.2, 0) is 26.5 Å². The molecule has 6 aromatic rings. The van der Waals surface area contributed by atoms with E-state index in [1.807, 2.05) is 56.3 Å². The number of hydrogen-bond acceptors (Lipinski definition) is 3. The predicted octanol–water partition coefficient (Wildman–Crippen LogP) is 10.4. The molecule has 3 nitrogen and oxygen atoms in total. The van der Waals surface area contributed by atoms with Crippen LogP contribution in [-0.4, -0.2) is 23.2 Å². The molecule has 235 valence electrons. The van der Waals surface area contributed by atoms with Crippen molar-refractivity contribution in [3.63, 3.8) is 0 Å². The van der Waals surface area contributed by atoms with Crippen LogP contribution in [0.2, 0.25) is 17.3 Å². The molecule has 0 N–H and O–H groups in total. The minimum Gasteiger partial charge on any atom is -0.500 e. The van der Waals surface area contributed by atoms with Gasteiger partial charge < -0.3 is 9.40 Å². The third-order valence-electron chi connectivity index (χ3n) is 7.49. The monoisotopic (exact) mass is 840 g/mol. The van der Waals surface area contributed by atoms with Crippen molar-refractivity contribution in [2.75, 3.05) is 0 Å². The maximum absolute atomic E-state index is 13.5. The van der Waals surface area contributed by atoms with E-state index in [4.69, 9.17) is 10.8 Å². The third kappa shape index (κ3) is 8.38. The summed E-state index contributed by atoms with van der Waals surface area (Å²) in [6.07, 6.45) is 4.93. The summed E-state index contributed by atoms with van der Waals surface area (Å²) >= 11 is -1.90. The van der Waals surface area contributed by atoms with E-state index in [0.717, 1.165) is 39.6 Å². The molecule has 0 aliphatic heterocycles. The van der Waals surface area contributed by atoms with Crippen molar-refractivity contribution in [2.45, 2.75) is 64.2 Å². The number of aromatic nitrogens is 2. The Labute approximate surface area is 284 Å². The van der Waals surface area contributed by atoms with Gasteiger partial charge in [-0.15, -0.1) is 18.2 Å². The van der Waals surface area contributed by atoms with Crippen LogP contribution in [0.4, 0.5) is 4.39 Å². The Bertz CT molecular complexity index is 1950. The van der Waals surface area contributed by atoms with Crippen molar-refractivity contribution >= 4 is 39.6 Å². The molecule has 3 aromatic heterocycles. The van der Waals surface area contributed by atoms with Crippen molar-refractivity contribution in [1.29, 1.82) is 0 Å². The van der Waals surface area contributed by atoms with Crippen molar-refractivity contribution in [3.05, 3.63) is 114 Å². The molecule has 0 bridgehead atoms. The van der Waals surface area contributed by atoms with Gasteiger partial charge in [-0.2, -0.15) is 0 Å². The predicted molar refractivity (Wildman–Crippen MR) is 184 cm³/mol. The molecule has 0 aliphatic carbocycles. The van der Waals surface area contributed by atoms with Gasteiger partial charge in [0.1, 0.15) is 11.4 Å². The van der Waals surface area contributed by atoms with Gasteiger partial charge >= 0.3 is 132 Å². The fourth-order valence-electron chi connectivity index (χ4n) is 5.37. The smallest absolute Gasteiger partial charge is 0.126 e. The zero-order chi connectivity index (χ0) is 32.6. The van der Waals surface area contributed by atoms with Gasteiger partial charge in [-0.3, -0.25) is 0 Å². The molecule has 6 heteroatoms. The molecule has 0 unspecified atom stereocenters. The minimum absolute atomic E-state index is 0. The van der Waals surface area contributed by atoms with Gasteiger partial charge in [0, 0.05) is 39.1 Å². The van der Waals surface area contributed by atoms with Gasteiger partial charge in [0.05, 0.1) is 5.58 Å². The molecule has 0 spiro atoms. The quantitative estimate of drug-likeness (QED) is 0.128. The Kier molecular flexibility index (Phi) is 10.4. The van der Waals surface area contributed by atoms with Crippen LogP contribution in [0, 0.1) is 23.4 Å². The molecule has 1 radical (unpaired) electrons. The normalized spacial score (nSPS) is 12.3. The summed E-state index contributed by atoms with van der Waals surface area (Å²) in [6, 6.07) is 28.8.